The first-order valence-corrected chi connectivity index (χ1v) is 4.83. The molecule has 0 saturated carbocycles. The Hall–Kier alpha value is -0.740. The van der Waals surface area contributed by atoms with Gasteiger partial charge in [0.05, 0.1) is 16.1 Å². The summed E-state index contributed by atoms with van der Waals surface area (Å²) < 4.78 is 2.67. The lowest BCUT2D eigenvalue weighted by Crippen LogP contribution is -1.95. The monoisotopic (exact) mass is 259 g/mol. The maximum Gasteiger partial charge on any atom is 0.200 e. The topological polar surface area (TPSA) is 43.8 Å². The zero-order valence-electron chi connectivity index (χ0n) is 6.88. The van der Waals surface area contributed by atoms with E-state index in [0.717, 1.165) is 15.5 Å². The van der Waals surface area contributed by atoms with Crippen molar-refractivity contribution >= 4 is 44.5 Å². The third-order valence-corrected chi connectivity index (χ3v) is 3.15. The Kier molecular flexibility index (Phi) is 1.96. The quantitative estimate of drug-likeness (QED) is 0.791. The van der Waals surface area contributed by atoms with E-state index in [0.29, 0.717) is 11.0 Å². The molecule has 2 N–H and O–H groups in total. The fourth-order valence-electron chi connectivity index (χ4n) is 1.21. The second-order valence-corrected chi connectivity index (χ2v) is 4.05. The molecule has 2 aromatic rings. The summed E-state index contributed by atoms with van der Waals surface area (Å²) in [6.45, 7) is 0. The Morgan fingerprint density at radius 1 is 1.54 bits per heavy atom. The SMILES string of the molecule is Cn1c(N)nc2cc(Cl)c(Br)cc21. The number of rotatable bonds is 0. The zero-order valence-corrected chi connectivity index (χ0v) is 9.22. The van der Waals surface area contributed by atoms with E-state index in [9.17, 15) is 0 Å². The van der Waals surface area contributed by atoms with Crippen LogP contribution in [0.2, 0.25) is 5.02 Å². The summed E-state index contributed by atoms with van der Waals surface area (Å²) >= 11 is 9.26. The van der Waals surface area contributed by atoms with Crippen LogP contribution in [-0.2, 0) is 7.05 Å². The van der Waals surface area contributed by atoms with Gasteiger partial charge in [0, 0.05) is 11.5 Å². The average Bonchev–Trinajstić information content (AvgIpc) is 2.32. The van der Waals surface area contributed by atoms with Crippen LogP contribution >= 0.6 is 27.5 Å². The van der Waals surface area contributed by atoms with Gasteiger partial charge in [-0.15, -0.1) is 0 Å². The van der Waals surface area contributed by atoms with Crippen LogP contribution in [0.4, 0.5) is 5.95 Å². The van der Waals surface area contributed by atoms with Crippen molar-refractivity contribution in [3.8, 4) is 0 Å². The van der Waals surface area contributed by atoms with Crippen LogP contribution in [0.25, 0.3) is 11.0 Å². The number of halogens is 2. The molecule has 0 amide bonds. The molecule has 13 heavy (non-hydrogen) atoms. The number of fused-ring (bicyclic) bond motifs is 1. The second-order valence-electron chi connectivity index (χ2n) is 2.78. The van der Waals surface area contributed by atoms with Gasteiger partial charge in [-0.3, -0.25) is 0 Å². The van der Waals surface area contributed by atoms with Crippen molar-refractivity contribution in [1.82, 2.24) is 9.55 Å². The number of benzene rings is 1. The highest BCUT2D eigenvalue weighted by molar-refractivity contribution is 9.10. The molecular weight excluding hydrogens is 253 g/mol. The van der Waals surface area contributed by atoms with Gasteiger partial charge in [-0.25, -0.2) is 4.98 Å². The molecule has 0 bridgehead atoms. The Balaban J connectivity index is 2.89. The van der Waals surface area contributed by atoms with Crippen LogP contribution in [0, 0.1) is 0 Å². The molecule has 1 aromatic heterocycles. The van der Waals surface area contributed by atoms with Crippen LogP contribution in [0.1, 0.15) is 0 Å². The molecule has 0 unspecified atom stereocenters. The van der Waals surface area contributed by atoms with Gasteiger partial charge in [0.25, 0.3) is 0 Å². The van der Waals surface area contributed by atoms with Crippen molar-refractivity contribution in [2.24, 2.45) is 7.05 Å². The highest BCUT2D eigenvalue weighted by Crippen LogP contribution is 2.28. The number of nitrogens with zero attached hydrogens (tertiary/aromatic N) is 2. The minimum Gasteiger partial charge on any atom is -0.369 e. The molecule has 0 aliphatic rings. The van der Waals surface area contributed by atoms with Gasteiger partial charge in [-0.05, 0) is 28.1 Å². The molecule has 1 heterocycles. The molecule has 3 nitrogen and oxygen atoms in total. The molecule has 0 radical (unpaired) electrons. The van der Waals surface area contributed by atoms with Gasteiger partial charge >= 0.3 is 0 Å². The van der Waals surface area contributed by atoms with Gasteiger partial charge in [-0.1, -0.05) is 11.6 Å². The van der Waals surface area contributed by atoms with E-state index in [-0.39, 0.29) is 0 Å². The molecular formula is C8H7BrClN3. The van der Waals surface area contributed by atoms with Crippen molar-refractivity contribution in [2.75, 3.05) is 5.73 Å². The van der Waals surface area contributed by atoms with Crippen molar-refractivity contribution in [3.05, 3.63) is 21.6 Å². The first-order valence-electron chi connectivity index (χ1n) is 3.66. The molecule has 5 heteroatoms. The number of aromatic nitrogens is 2. The van der Waals surface area contributed by atoms with Crippen molar-refractivity contribution in [2.45, 2.75) is 0 Å². The molecule has 0 atom stereocenters. The number of aryl methyl sites for hydroxylation is 1. The fraction of sp³-hybridized carbons (Fsp3) is 0.125. The number of anilines is 1. The van der Waals surface area contributed by atoms with E-state index >= 15 is 0 Å². The lowest BCUT2D eigenvalue weighted by Gasteiger charge is -1.98. The standard InChI is InChI=1S/C8H7BrClN3/c1-13-7-2-4(9)5(10)3-6(7)12-8(13)11/h2-3H,1H3,(H2,11,12). The maximum atomic E-state index is 5.91. The molecule has 0 saturated heterocycles. The van der Waals surface area contributed by atoms with Crippen LogP contribution in [0.5, 0.6) is 0 Å². The number of hydrogen-bond acceptors (Lipinski definition) is 2. The van der Waals surface area contributed by atoms with E-state index in [2.05, 4.69) is 20.9 Å². The Morgan fingerprint density at radius 3 is 2.92 bits per heavy atom. The van der Waals surface area contributed by atoms with Gasteiger partial charge < -0.3 is 10.3 Å². The first-order chi connectivity index (χ1) is 6.09. The summed E-state index contributed by atoms with van der Waals surface area (Å²) in [4.78, 5) is 4.15. The van der Waals surface area contributed by atoms with Gasteiger partial charge in [-0.2, -0.15) is 0 Å². The number of imidazole rings is 1. The maximum absolute atomic E-state index is 5.91. The predicted octanol–water partition coefficient (Wildman–Crippen LogP) is 2.57. The Bertz CT molecular complexity index is 478. The minimum atomic E-state index is 0.490. The third-order valence-electron chi connectivity index (χ3n) is 1.96. The first kappa shape index (κ1) is 8.84. The molecule has 0 aliphatic heterocycles. The highest BCUT2D eigenvalue weighted by Gasteiger charge is 2.07. The zero-order chi connectivity index (χ0) is 9.59. The van der Waals surface area contributed by atoms with Crippen LogP contribution in [0.15, 0.2) is 16.6 Å². The number of nitrogens with two attached hydrogens (primary N) is 1. The molecule has 68 valence electrons. The fourth-order valence-corrected chi connectivity index (χ4v) is 1.70. The Labute approximate surface area is 88.6 Å². The van der Waals surface area contributed by atoms with Gasteiger partial charge in [0.1, 0.15) is 0 Å². The van der Waals surface area contributed by atoms with E-state index in [4.69, 9.17) is 17.3 Å². The van der Waals surface area contributed by atoms with E-state index in [1.54, 1.807) is 6.07 Å². The van der Waals surface area contributed by atoms with Crippen LogP contribution < -0.4 is 5.73 Å². The van der Waals surface area contributed by atoms with Crippen molar-refractivity contribution < 1.29 is 0 Å². The Morgan fingerprint density at radius 2 is 2.23 bits per heavy atom. The summed E-state index contributed by atoms with van der Waals surface area (Å²) in [5, 5.41) is 0.644. The van der Waals surface area contributed by atoms with Crippen molar-refractivity contribution in [3.63, 3.8) is 0 Å². The van der Waals surface area contributed by atoms with Gasteiger partial charge in [0.15, 0.2) is 0 Å². The number of hydrogen-bond donors (Lipinski definition) is 1. The normalized spacial score (nSPS) is 11.0. The summed E-state index contributed by atoms with van der Waals surface area (Å²) in [6, 6.07) is 3.69. The summed E-state index contributed by atoms with van der Waals surface area (Å²) in [5.74, 6) is 0.490. The third kappa shape index (κ3) is 1.30. The lowest BCUT2D eigenvalue weighted by atomic mass is 10.3. The number of nitrogen functional groups attached to an aromatic ring is 1. The smallest absolute Gasteiger partial charge is 0.200 e. The minimum absolute atomic E-state index is 0.490. The molecule has 2 rings (SSSR count). The van der Waals surface area contributed by atoms with E-state index in [1.165, 1.54) is 0 Å². The molecule has 0 spiro atoms. The summed E-state index contributed by atoms with van der Waals surface area (Å²) in [5.41, 5.74) is 7.43. The van der Waals surface area contributed by atoms with E-state index < -0.39 is 0 Å². The van der Waals surface area contributed by atoms with Gasteiger partial charge in [0.2, 0.25) is 5.95 Å². The van der Waals surface area contributed by atoms with E-state index in [1.807, 2.05) is 17.7 Å². The van der Waals surface area contributed by atoms with Crippen LogP contribution in [-0.4, -0.2) is 9.55 Å². The predicted molar refractivity (Wildman–Crippen MR) is 57.8 cm³/mol. The average molecular weight is 261 g/mol. The highest BCUT2D eigenvalue weighted by atomic mass is 79.9. The summed E-state index contributed by atoms with van der Waals surface area (Å²) in [7, 11) is 1.87. The lowest BCUT2D eigenvalue weighted by molar-refractivity contribution is 0.965. The van der Waals surface area contributed by atoms with Crippen LogP contribution in [0.3, 0.4) is 0 Å². The molecule has 0 aliphatic carbocycles. The largest absolute Gasteiger partial charge is 0.369 e. The van der Waals surface area contributed by atoms with Crippen molar-refractivity contribution in [1.29, 1.82) is 0 Å². The molecule has 0 fully saturated rings. The second kappa shape index (κ2) is 2.89. The summed E-state index contributed by atoms with van der Waals surface area (Å²) in [6.07, 6.45) is 0. The molecule has 1 aromatic carbocycles.